The summed E-state index contributed by atoms with van der Waals surface area (Å²) in [7, 11) is 0. The van der Waals surface area contributed by atoms with Gasteiger partial charge in [-0.15, -0.1) is 0 Å². The number of carbonyl (C=O) groups is 1. The minimum absolute atomic E-state index is 0.0834. The Morgan fingerprint density at radius 3 is 2.32 bits per heavy atom. The lowest BCUT2D eigenvalue weighted by molar-refractivity contribution is 0.0955. The normalized spacial score (nSPS) is 11.2. The zero-order chi connectivity index (χ0) is 19.9. The monoisotopic (exact) mass is 392 g/mol. The largest absolute Gasteiger partial charge is 0.508 e. The number of halogens is 1. The van der Waals surface area contributed by atoms with Crippen molar-refractivity contribution in [3.05, 3.63) is 94.0 Å². The molecule has 1 amide bonds. The van der Waals surface area contributed by atoms with E-state index >= 15 is 0 Å². The predicted molar refractivity (Wildman–Crippen MR) is 112 cm³/mol. The maximum atomic E-state index is 12.0. The molecule has 0 aliphatic rings. The lowest BCUT2D eigenvalue weighted by Gasteiger charge is -2.02. The Morgan fingerprint density at radius 2 is 1.61 bits per heavy atom. The topological polar surface area (TPSA) is 81.9 Å². The van der Waals surface area contributed by atoms with E-state index in [4.69, 9.17) is 11.6 Å². The van der Waals surface area contributed by atoms with E-state index in [0.29, 0.717) is 5.56 Å². The third kappa shape index (κ3) is 5.22. The fourth-order valence-electron chi connectivity index (χ4n) is 2.39. The maximum absolute atomic E-state index is 12.0. The molecule has 140 valence electrons. The van der Waals surface area contributed by atoms with Crippen molar-refractivity contribution >= 4 is 35.9 Å². The lowest BCUT2D eigenvalue weighted by Crippen LogP contribution is -2.17. The van der Waals surface area contributed by atoms with Crippen LogP contribution in [0.1, 0.15) is 27.0 Å². The van der Waals surface area contributed by atoms with Crippen molar-refractivity contribution < 1.29 is 15.0 Å². The van der Waals surface area contributed by atoms with Crippen LogP contribution >= 0.6 is 11.6 Å². The molecule has 0 saturated carbocycles. The lowest BCUT2D eigenvalue weighted by atomic mass is 10.1. The molecule has 0 unspecified atom stereocenters. The van der Waals surface area contributed by atoms with Gasteiger partial charge in [-0.3, -0.25) is 4.79 Å². The van der Waals surface area contributed by atoms with Crippen molar-refractivity contribution in [1.29, 1.82) is 0 Å². The van der Waals surface area contributed by atoms with Crippen LogP contribution < -0.4 is 5.43 Å². The second kappa shape index (κ2) is 8.88. The zero-order valence-corrected chi connectivity index (χ0v) is 15.5. The Labute approximate surface area is 167 Å². The molecule has 0 aliphatic heterocycles. The number of hydrogen-bond acceptors (Lipinski definition) is 4. The highest BCUT2D eigenvalue weighted by molar-refractivity contribution is 6.32. The quantitative estimate of drug-likeness (QED) is 0.335. The second-order valence-electron chi connectivity index (χ2n) is 5.96. The van der Waals surface area contributed by atoms with Crippen LogP contribution in [0.4, 0.5) is 0 Å². The highest BCUT2D eigenvalue weighted by atomic mass is 35.5. The average Bonchev–Trinajstić information content (AvgIpc) is 2.69. The van der Waals surface area contributed by atoms with E-state index in [1.165, 1.54) is 24.4 Å². The van der Waals surface area contributed by atoms with Gasteiger partial charge >= 0.3 is 0 Å². The molecule has 3 aromatic carbocycles. The predicted octanol–water partition coefficient (Wildman–Crippen LogP) is 4.69. The number of aromatic hydroxyl groups is 2. The number of nitrogens with one attached hydrogen (secondary N) is 1. The summed E-state index contributed by atoms with van der Waals surface area (Å²) < 4.78 is 0. The van der Waals surface area contributed by atoms with Crippen LogP contribution in [0.2, 0.25) is 5.02 Å². The number of phenolic OH excluding ortho intramolecular Hbond substituents is 2. The zero-order valence-electron chi connectivity index (χ0n) is 14.7. The van der Waals surface area contributed by atoms with E-state index in [0.717, 1.165) is 16.7 Å². The molecule has 6 heteroatoms. The molecule has 0 radical (unpaired) electrons. The molecule has 0 aromatic heterocycles. The van der Waals surface area contributed by atoms with E-state index < -0.39 is 5.91 Å². The number of hydrazone groups is 1. The van der Waals surface area contributed by atoms with Gasteiger partial charge < -0.3 is 10.2 Å². The number of rotatable bonds is 5. The van der Waals surface area contributed by atoms with E-state index in [-0.39, 0.29) is 16.5 Å². The van der Waals surface area contributed by atoms with Crippen molar-refractivity contribution in [2.24, 2.45) is 5.10 Å². The van der Waals surface area contributed by atoms with E-state index in [1.54, 1.807) is 18.2 Å². The molecule has 0 heterocycles. The highest BCUT2D eigenvalue weighted by Crippen LogP contribution is 2.23. The van der Waals surface area contributed by atoms with Crippen LogP contribution in [-0.4, -0.2) is 22.3 Å². The first-order valence-electron chi connectivity index (χ1n) is 8.40. The van der Waals surface area contributed by atoms with Gasteiger partial charge in [-0.05, 0) is 47.0 Å². The molecule has 3 aromatic rings. The summed E-state index contributed by atoms with van der Waals surface area (Å²) in [5.41, 5.74) is 5.42. The van der Waals surface area contributed by atoms with Gasteiger partial charge in [0.25, 0.3) is 5.91 Å². The van der Waals surface area contributed by atoms with Crippen LogP contribution in [0, 0.1) is 0 Å². The van der Waals surface area contributed by atoms with Gasteiger partial charge in [0.15, 0.2) is 0 Å². The molecule has 3 rings (SSSR count). The summed E-state index contributed by atoms with van der Waals surface area (Å²) in [5, 5.41) is 22.9. The third-order valence-corrected chi connectivity index (χ3v) is 4.17. The van der Waals surface area contributed by atoms with Gasteiger partial charge in [0.05, 0.1) is 11.2 Å². The Bertz CT molecular complexity index is 1040. The van der Waals surface area contributed by atoms with Crippen molar-refractivity contribution in [3.63, 3.8) is 0 Å². The van der Waals surface area contributed by atoms with Gasteiger partial charge in [-0.2, -0.15) is 5.10 Å². The average molecular weight is 393 g/mol. The first-order valence-corrected chi connectivity index (χ1v) is 8.78. The molecule has 0 atom stereocenters. The van der Waals surface area contributed by atoms with Gasteiger partial charge in [0, 0.05) is 5.56 Å². The minimum Gasteiger partial charge on any atom is -0.508 e. The Hall–Kier alpha value is -3.57. The number of phenols is 2. The standard InChI is InChI=1S/C22H17ClN2O3/c23-20-13-18(10-11-21(20)27)22(28)25-24-14-17-8-5-15(6-9-17)4-7-16-2-1-3-19(26)12-16/h1-14,26-27H,(H,25,28). The van der Waals surface area contributed by atoms with Crippen molar-refractivity contribution in [3.8, 4) is 11.5 Å². The molecule has 0 aliphatic carbocycles. The van der Waals surface area contributed by atoms with Crippen LogP contribution in [0.5, 0.6) is 11.5 Å². The number of amides is 1. The molecule has 0 fully saturated rings. The Kier molecular flexibility index (Phi) is 6.09. The first-order chi connectivity index (χ1) is 13.5. The fourth-order valence-corrected chi connectivity index (χ4v) is 2.57. The number of benzene rings is 3. The summed E-state index contributed by atoms with van der Waals surface area (Å²) in [6.07, 6.45) is 5.38. The molecule has 28 heavy (non-hydrogen) atoms. The first kappa shape index (κ1) is 19.2. The number of nitrogens with zero attached hydrogens (tertiary/aromatic N) is 1. The second-order valence-corrected chi connectivity index (χ2v) is 6.37. The third-order valence-electron chi connectivity index (χ3n) is 3.86. The summed E-state index contributed by atoms with van der Waals surface area (Å²) in [4.78, 5) is 12.0. The number of hydrogen-bond donors (Lipinski definition) is 3. The SMILES string of the molecule is O=C(NN=Cc1ccc(C=Cc2cccc(O)c2)cc1)c1ccc(O)c(Cl)c1. The molecule has 5 nitrogen and oxygen atoms in total. The van der Waals surface area contributed by atoms with E-state index in [1.807, 2.05) is 42.5 Å². The van der Waals surface area contributed by atoms with Crippen LogP contribution in [0.25, 0.3) is 12.2 Å². The van der Waals surface area contributed by atoms with Crippen molar-refractivity contribution in [1.82, 2.24) is 5.43 Å². The molecular formula is C22H17ClN2O3. The van der Waals surface area contributed by atoms with Crippen molar-refractivity contribution in [2.75, 3.05) is 0 Å². The van der Waals surface area contributed by atoms with Crippen LogP contribution in [0.15, 0.2) is 71.8 Å². The van der Waals surface area contributed by atoms with E-state index in [2.05, 4.69) is 10.5 Å². The van der Waals surface area contributed by atoms with Gasteiger partial charge in [0.1, 0.15) is 11.5 Å². The van der Waals surface area contributed by atoms with Gasteiger partial charge in [0.2, 0.25) is 0 Å². The summed E-state index contributed by atoms with van der Waals surface area (Å²) in [6, 6.07) is 18.8. The summed E-state index contributed by atoms with van der Waals surface area (Å²) in [6.45, 7) is 0. The minimum atomic E-state index is -0.427. The Morgan fingerprint density at radius 1 is 0.893 bits per heavy atom. The maximum Gasteiger partial charge on any atom is 0.271 e. The van der Waals surface area contributed by atoms with Crippen LogP contribution in [0.3, 0.4) is 0 Å². The highest BCUT2D eigenvalue weighted by Gasteiger charge is 2.07. The van der Waals surface area contributed by atoms with Gasteiger partial charge in [-0.25, -0.2) is 5.43 Å². The molecule has 0 bridgehead atoms. The summed E-state index contributed by atoms with van der Waals surface area (Å²) >= 11 is 5.79. The molecular weight excluding hydrogens is 376 g/mol. The van der Waals surface area contributed by atoms with E-state index in [9.17, 15) is 15.0 Å². The summed E-state index contributed by atoms with van der Waals surface area (Å²) in [5.74, 6) is -0.283. The molecule has 0 spiro atoms. The number of carbonyl (C=O) groups excluding carboxylic acids is 1. The smallest absolute Gasteiger partial charge is 0.271 e. The Balaban J connectivity index is 1.59. The van der Waals surface area contributed by atoms with Gasteiger partial charge in [-0.1, -0.05) is 60.2 Å². The van der Waals surface area contributed by atoms with Crippen molar-refractivity contribution in [2.45, 2.75) is 0 Å². The fraction of sp³-hybridized carbons (Fsp3) is 0. The van der Waals surface area contributed by atoms with Crippen LogP contribution in [-0.2, 0) is 0 Å². The molecule has 0 saturated heterocycles. The molecule has 3 N–H and O–H groups in total.